The lowest BCUT2D eigenvalue weighted by Gasteiger charge is -2.42. The maximum absolute atomic E-state index is 12.7. The second kappa shape index (κ2) is 5.71. The number of H-pyrrole nitrogens is 1. The Balaban J connectivity index is 1.67. The summed E-state index contributed by atoms with van der Waals surface area (Å²) in [5.41, 5.74) is 0.468. The van der Waals surface area contributed by atoms with Gasteiger partial charge < -0.3 is 15.2 Å². The molecule has 0 spiro atoms. The lowest BCUT2D eigenvalue weighted by molar-refractivity contribution is -0.917. The van der Waals surface area contributed by atoms with Crippen LogP contribution in [-0.4, -0.2) is 46.5 Å². The highest BCUT2D eigenvalue weighted by Gasteiger charge is 2.38. The number of rotatable bonds is 3. The molecular formula is C15H17ClN5O3+. The molecule has 1 aromatic heterocycles. The first-order valence-electron chi connectivity index (χ1n) is 7.99. The van der Waals surface area contributed by atoms with Crippen LogP contribution in [0.2, 0.25) is 5.02 Å². The Labute approximate surface area is 142 Å². The summed E-state index contributed by atoms with van der Waals surface area (Å²) in [5.74, 6) is 0.247. The van der Waals surface area contributed by atoms with E-state index in [2.05, 4.69) is 15.3 Å². The van der Waals surface area contributed by atoms with Crippen molar-refractivity contribution in [1.29, 1.82) is 0 Å². The predicted octanol–water partition coefficient (Wildman–Crippen LogP) is 0.531. The van der Waals surface area contributed by atoms with E-state index in [-0.39, 0.29) is 28.2 Å². The topological polar surface area (TPSA) is 105 Å². The normalized spacial score (nSPS) is 25.8. The van der Waals surface area contributed by atoms with Crippen LogP contribution in [0.15, 0.2) is 12.4 Å². The van der Waals surface area contributed by atoms with E-state index < -0.39 is 4.92 Å². The number of quaternary nitrogens is 1. The fourth-order valence-electron chi connectivity index (χ4n) is 3.96. The molecule has 1 amide bonds. The number of benzene rings is 1. The first kappa shape index (κ1) is 15.3. The first-order valence-corrected chi connectivity index (χ1v) is 8.37. The second-order valence-corrected chi connectivity index (χ2v) is 6.92. The van der Waals surface area contributed by atoms with Gasteiger partial charge in [0.05, 0.1) is 48.0 Å². The molecule has 3 aliphatic heterocycles. The minimum absolute atomic E-state index is 0.0794. The van der Waals surface area contributed by atoms with Crippen molar-refractivity contribution in [2.24, 2.45) is 5.92 Å². The van der Waals surface area contributed by atoms with Crippen LogP contribution in [0.1, 0.15) is 23.2 Å². The number of carbonyl (C=O) groups excluding carboxylic acids is 1. The van der Waals surface area contributed by atoms with Crippen LogP contribution in [0, 0.1) is 16.0 Å². The molecule has 1 atom stereocenters. The van der Waals surface area contributed by atoms with Crippen LogP contribution < -0.4 is 10.2 Å². The average Bonchev–Trinajstić information content (AvgIpc) is 3.03. The molecule has 3 N–H and O–H groups in total. The van der Waals surface area contributed by atoms with Gasteiger partial charge in [0, 0.05) is 12.8 Å². The minimum atomic E-state index is -0.579. The van der Waals surface area contributed by atoms with E-state index in [0.717, 1.165) is 19.4 Å². The van der Waals surface area contributed by atoms with Crippen LogP contribution in [0.25, 0.3) is 11.0 Å². The summed E-state index contributed by atoms with van der Waals surface area (Å²) in [4.78, 5) is 31.7. The number of imidazole rings is 1. The summed E-state index contributed by atoms with van der Waals surface area (Å²) >= 11 is 6.03. The van der Waals surface area contributed by atoms with Gasteiger partial charge in [-0.15, -0.1) is 0 Å². The second-order valence-electron chi connectivity index (χ2n) is 6.51. The van der Waals surface area contributed by atoms with E-state index in [9.17, 15) is 14.9 Å². The highest BCUT2D eigenvalue weighted by Crippen LogP contribution is 2.33. The largest absolute Gasteiger partial charge is 0.344 e. The zero-order valence-electron chi connectivity index (χ0n) is 12.8. The molecule has 2 bridgehead atoms. The number of aromatic nitrogens is 2. The Bertz CT molecular complexity index is 828. The van der Waals surface area contributed by atoms with Crippen molar-refractivity contribution in [3.63, 3.8) is 0 Å². The number of aromatic amines is 1. The van der Waals surface area contributed by atoms with Crippen molar-refractivity contribution in [2.45, 2.75) is 18.9 Å². The van der Waals surface area contributed by atoms with E-state index in [0.29, 0.717) is 17.0 Å². The monoisotopic (exact) mass is 350 g/mol. The van der Waals surface area contributed by atoms with Gasteiger partial charge in [0.1, 0.15) is 5.02 Å². The summed E-state index contributed by atoms with van der Waals surface area (Å²) in [6.45, 7) is 3.28. The zero-order chi connectivity index (χ0) is 16.8. The molecular weight excluding hydrogens is 334 g/mol. The lowest BCUT2D eigenvalue weighted by Crippen LogP contribution is -3.17. The van der Waals surface area contributed by atoms with Gasteiger partial charge in [-0.1, -0.05) is 11.6 Å². The van der Waals surface area contributed by atoms with Crippen molar-refractivity contribution in [1.82, 2.24) is 15.3 Å². The highest BCUT2D eigenvalue weighted by molar-refractivity contribution is 6.34. The molecule has 0 radical (unpaired) electrons. The number of carbonyl (C=O) groups is 1. The molecule has 2 aromatic rings. The van der Waals surface area contributed by atoms with Crippen molar-refractivity contribution in [2.75, 3.05) is 19.6 Å². The summed E-state index contributed by atoms with van der Waals surface area (Å²) < 4.78 is 0. The third-order valence-electron chi connectivity index (χ3n) is 5.19. The Hall–Kier alpha value is -2.19. The van der Waals surface area contributed by atoms with E-state index in [1.165, 1.54) is 30.4 Å². The molecule has 3 saturated heterocycles. The van der Waals surface area contributed by atoms with Gasteiger partial charge in [0.2, 0.25) is 0 Å². The van der Waals surface area contributed by atoms with Gasteiger partial charge in [-0.2, -0.15) is 0 Å². The van der Waals surface area contributed by atoms with Crippen molar-refractivity contribution >= 4 is 34.2 Å². The number of nitro benzene ring substituents is 1. The zero-order valence-corrected chi connectivity index (χ0v) is 13.6. The van der Waals surface area contributed by atoms with Crippen LogP contribution in [0.4, 0.5) is 5.69 Å². The standard InChI is InChI=1S/C15H16ClN5O3/c16-10-5-9(12-13(18-7-17-12)14(10)21(23)24)15(22)19-11-6-20-3-1-8(11)2-4-20/h5,7-8,11H,1-4,6H2,(H,17,18)(H,19,22)/p+1/t11-/m0/s1. The van der Waals surface area contributed by atoms with Crippen molar-refractivity contribution in [3.05, 3.63) is 33.1 Å². The van der Waals surface area contributed by atoms with Crippen LogP contribution in [0.3, 0.4) is 0 Å². The number of piperidine rings is 3. The first-order chi connectivity index (χ1) is 11.5. The molecule has 3 fully saturated rings. The van der Waals surface area contributed by atoms with Gasteiger partial charge in [-0.3, -0.25) is 14.9 Å². The molecule has 0 unspecified atom stereocenters. The maximum Gasteiger partial charge on any atom is 0.315 e. The molecule has 0 aliphatic carbocycles. The summed E-state index contributed by atoms with van der Waals surface area (Å²) in [5, 5.41) is 14.2. The van der Waals surface area contributed by atoms with Gasteiger partial charge in [-0.05, 0) is 12.0 Å². The molecule has 1 aromatic carbocycles. The number of fused-ring (bicyclic) bond motifs is 4. The van der Waals surface area contributed by atoms with Crippen LogP contribution in [-0.2, 0) is 0 Å². The highest BCUT2D eigenvalue weighted by atomic mass is 35.5. The molecule has 126 valence electrons. The third-order valence-corrected chi connectivity index (χ3v) is 5.48. The quantitative estimate of drug-likeness (QED) is 0.554. The fourth-order valence-corrected chi connectivity index (χ4v) is 4.23. The molecule has 24 heavy (non-hydrogen) atoms. The van der Waals surface area contributed by atoms with E-state index >= 15 is 0 Å². The van der Waals surface area contributed by atoms with E-state index in [1.807, 2.05) is 0 Å². The molecule has 4 heterocycles. The molecule has 5 rings (SSSR count). The van der Waals surface area contributed by atoms with Crippen molar-refractivity contribution in [3.8, 4) is 0 Å². The number of nitrogens with zero attached hydrogens (tertiary/aromatic N) is 2. The van der Waals surface area contributed by atoms with Crippen LogP contribution in [0.5, 0.6) is 0 Å². The summed E-state index contributed by atoms with van der Waals surface area (Å²) in [6.07, 6.45) is 3.59. The molecule has 0 saturated carbocycles. The number of nitrogens with one attached hydrogen (secondary N) is 3. The predicted molar refractivity (Wildman–Crippen MR) is 87.3 cm³/mol. The molecule has 8 nitrogen and oxygen atoms in total. The van der Waals surface area contributed by atoms with E-state index in [4.69, 9.17) is 11.6 Å². The number of hydrogen-bond acceptors (Lipinski definition) is 4. The Kier molecular flexibility index (Phi) is 3.65. The third kappa shape index (κ3) is 2.42. The fraction of sp³-hybridized carbons (Fsp3) is 0.467. The molecule has 9 heteroatoms. The van der Waals surface area contributed by atoms with Gasteiger partial charge >= 0.3 is 5.69 Å². The minimum Gasteiger partial charge on any atom is -0.344 e. The number of halogens is 1. The summed E-state index contributed by atoms with van der Waals surface area (Å²) in [6, 6.07) is 1.49. The smallest absolute Gasteiger partial charge is 0.315 e. The van der Waals surface area contributed by atoms with Gasteiger partial charge in [0.15, 0.2) is 5.52 Å². The SMILES string of the molecule is O=C(N[C@H]1C[NH+]2CCC1CC2)c1cc(Cl)c([N+](=O)[O-])c2nc[nH]c12. The van der Waals surface area contributed by atoms with Crippen LogP contribution >= 0.6 is 11.6 Å². The van der Waals surface area contributed by atoms with Crippen molar-refractivity contribution < 1.29 is 14.6 Å². The summed E-state index contributed by atoms with van der Waals surface area (Å²) in [7, 11) is 0. The average molecular weight is 351 g/mol. The van der Waals surface area contributed by atoms with Gasteiger partial charge in [-0.25, -0.2) is 4.98 Å². The maximum atomic E-state index is 12.7. The number of hydrogen-bond donors (Lipinski definition) is 3. The Morgan fingerprint density at radius 3 is 2.83 bits per heavy atom. The Morgan fingerprint density at radius 1 is 1.46 bits per heavy atom. The number of amides is 1. The number of nitro groups is 1. The van der Waals surface area contributed by atoms with Gasteiger partial charge in [0.25, 0.3) is 5.91 Å². The van der Waals surface area contributed by atoms with E-state index in [1.54, 1.807) is 0 Å². The Morgan fingerprint density at radius 2 is 2.21 bits per heavy atom. The lowest BCUT2D eigenvalue weighted by atomic mass is 9.84. The molecule has 3 aliphatic rings.